The number of nitriles is 1. The predicted molar refractivity (Wildman–Crippen MR) is 88.4 cm³/mol. The van der Waals surface area contributed by atoms with E-state index in [9.17, 15) is 10.1 Å². The minimum Gasteiger partial charge on any atom is -0.494 e. The summed E-state index contributed by atoms with van der Waals surface area (Å²) in [4.78, 5) is 11.9. The lowest BCUT2D eigenvalue weighted by molar-refractivity contribution is -0.120. The van der Waals surface area contributed by atoms with Crippen LogP contribution in [0.4, 0.5) is 0 Å². The van der Waals surface area contributed by atoms with Crippen LogP contribution in [-0.2, 0) is 4.79 Å². The van der Waals surface area contributed by atoms with Crippen LogP contribution in [0.25, 0.3) is 0 Å². The molecule has 0 spiro atoms. The first kappa shape index (κ1) is 16.2. The molecular weight excluding hydrogens is 296 g/mol. The molecule has 0 aromatic heterocycles. The van der Waals surface area contributed by atoms with Gasteiger partial charge in [0.05, 0.1) is 23.3 Å². The first-order valence-corrected chi connectivity index (χ1v) is 8.08. The van der Waals surface area contributed by atoms with E-state index < -0.39 is 0 Å². The Bertz CT molecular complexity index is 629. The number of nitrogens with one attached hydrogen (secondary N) is 1. The Morgan fingerprint density at radius 2 is 2.23 bits per heavy atom. The molecule has 0 radical (unpaired) electrons. The van der Waals surface area contributed by atoms with Crippen LogP contribution < -0.4 is 10.1 Å². The highest BCUT2D eigenvalue weighted by atomic mass is 32.2. The number of hydrogen-bond acceptors (Lipinski definition) is 4. The van der Waals surface area contributed by atoms with Gasteiger partial charge in [-0.1, -0.05) is 18.2 Å². The van der Waals surface area contributed by atoms with E-state index >= 15 is 0 Å². The second kappa shape index (κ2) is 7.71. The van der Waals surface area contributed by atoms with E-state index in [1.165, 1.54) is 11.8 Å². The molecule has 1 amide bonds. The number of amides is 1. The summed E-state index contributed by atoms with van der Waals surface area (Å²) in [7, 11) is 0. The Hall–Kier alpha value is -2.19. The average molecular weight is 314 g/mol. The van der Waals surface area contributed by atoms with E-state index in [-0.39, 0.29) is 18.2 Å². The molecule has 0 unspecified atom stereocenters. The number of carbonyl (C=O) groups is 1. The van der Waals surface area contributed by atoms with Crippen molar-refractivity contribution in [3.63, 3.8) is 0 Å². The van der Waals surface area contributed by atoms with Gasteiger partial charge >= 0.3 is 0 Å². The van der Waals surface area contributed by atoms with Gasteiger partial charge in [-0.05, 0) is 24.6 Å². The lowest BCUT2D eigenvalue weighted by atomic mass is 9.87. The smallest absolute Gasteiger partial charge is 0.225 e. The summed E-state index contributed by atoms with van der Waals surface area (Å²) in [6.07, 6.45) is 2.04. The molecule has 1 aromatic rings. The van der Waals surface area contributed by atoms with Gasteiger partial charge in [0.15, 0.2) is 0 Å². The second-order valence-electron chi connectivity index (χ2n) is 4.76. The molecule has 114 valence electrons. The van der Waals surface area contributed by atoms with Gasteiger partial charge in [-0.15, -0.1) is 18.3 Å². The standard InChI is InChI=1S/C17H18N2O2S/c1-3-9-22-17-15(11-18)14(10-16(20)19-17)12-5-7-13(8-6-12)21-4-2/h3,5-8,14H,1,4,9-10H2,2H3,(H,19,20)/t14-/m0/s1. The predicted octanol–water partition coefficient (Wildman–Crippen LogP) is 3.34. The summed E-state index contributed by atoms with van der Waals surface area (Å²) in [6, 6.07) is 9.83. The average Bonchev–Trinajstić information content (AvgIpc) is 2.53. The van der Waals surface area contributed by atoms with Crippen molar-refractivity contribution < 1.29 is 9.53 Å². The molecule has 0 fully saturated rings. The minimum absolute atomic E-state index is 0.0653. The molecule has 0 saturated heterocycles. The van der Waals surface area contributed by atoms with Crippen molar-refractivity contribution in [1.29, 1.82) is 5.26 Å². The minimum atomic E-state index is -0.207. The number of rotatable bonds is 6. The van der Waals surface area contributed by atoms with Crippen LogP contribution in [0.1, 0.15) is 24.8 Å². The van der Waals surface area contributed by atoms with Crippen molar-refractivity contribution in [1.82, 2.24) is 5.32 Å². The number of ether oxygens (including phenoxy) is 1. The monoisotopic (exact) mass is 314 g/mol. The Labute approximate surface area is 134 Å². The van der Waals surface area contributed by atoms with Gasteiger partial charge in [-0.2, -0.15) is 5.26 Å². The molecule has 2 rings (SSSR count). The molecule has 1 atom stereocenters. The van der Waals surface area contributed by atoms with Crippen LogP contribution in [0.2, 0.25) is 0 Å². The van der Waals surface area contributed by atoms with Crippen molar-refractivity contribution in [2.24, 2.45) is 0 Å². The van der Waals surface area contributed by atoms with Gasteiger partial charge in [-0.25, -0.2) is 0 Å². The number of hydrogen-bond donors (Lipinski definition) is 1. The highest BCUT2D eigenvalue weighted by Crippen LogP contribution is 2.36. The van der Waals surface area contributed by atoms with Gasteiger partial charge in [0.1, 0.15) is 5.75 Å². The molecule has 0 saturated carbocycles. The van der Waals surface area contributed by atoms with Crippen LogP contribution in [-0.4, -0.2) is 18.3 Å². The third-order valence-electron chi connectivity index (χ3n) is 3.30. The van der Waals surface area contributed by atoms with Crippen molar-refractivity contribution in [3.8, 4) is 11.8 Å². The normalized spacial score (nSPS) is 17.6. The van der Waals surface area contributed by atoms with Crippen LogP contribution in [0, 0.1) is 11.3 Å². The number of carbonyl (C=O) groups excluding carboxylic acids is 1. The molecule has 5 heteroatoms. The maximum absolute atomic E-state index is 11.9. The van der Waals surface area contributed by atoms with Gasteiger partial charge < -0.3 is 10.1 Å². The molecular formula is C17H18N2O2S. The highest BCUT2D eigenvalue weighted by Gasteiger charge is 2.29. The van der Waals surface area contributed by atoms with Crippen molar-refractivity contribution in [3.05, 3.63) is 53.1 Å². The maximum Gasteiger partial charge on any atom is 0.225 e. The largest absolute Gasteiger partial charge is 0.494 e. The Morgan fingerprint density at radius 3 is 2.82 bits per heavy atom. The van der Waals surface area contributed by atoms with Crippen molar-refractivity contribution >= 4 is 17.7 Å². The molecule has 1 aromatic carbocycles. The fourth-order valence-electron chi connectivity index (χ4n) is 2.32. The summed E-state index contributed by atoms with van der Waals surface area (Å²) in [5, 5.41) is 12.9. The van der Waals surface area contributed by atoms with E-state index in [2.05, 4.69) is 18.0 Å². The fraction of sp³-hybridized carbons (Fsp3) is 0.294. The first-order valence-electron chi connectivity index (χ1n) is 7.10. The van der Waals surface area contributed by atoms with Crippen LogP contribution in [0.15, 0.2) is 47.5 Å². The summed E-state index contributed by atoms with van der Waals surface area (Å²) >= 11 is 1.43. The topological polar surface area (TPSA) is 62.1 Å². The van der Waals surface area contributed by atoms with Gasteiger partial charge in [0.25, 0.3) is 0 Å². The van der Waals surface area contributed by atoms with Crippen molar-refractivity contribution in [2.75, 3.05) is 12.4 Å². The zero-order valence-electron chi connectivity index (χ0n) is 12.5. The SMILES string of the molecule is C=CCSC1=C(C#N)[C@H](c2ccc(OCC)cc2)CC(=O)N1. The van der Waals surface area contributed by atoms with Gasteiger partial charge in [-0.3, -0.25) is 4.79 Å². The van der Waals surface area contributed by atoms with Crippen LogP contribution in [0.5, 0.6) is 5.75 Å². The van der Waals surface area contributed by atoms with Gasteiger partial charge in [0.2, 0.25) is 5.91 Å². The number of allylic oxidation sites excluding steroid dienone is 1. The number of benzene rings is 1. The molecule has 22 heavy (non-hydrogen) atoms. The second-order valence-corrected chi connectivity index (χ2v) is 5.79. The Kier molecular flexibility index (Phi) is 5.68. The van der Waals surface area contributed by atoms with Crippen LogP contribution >= 0.6 is 11.8 Å². The third kappa shape index (κ3) is 3.71. The first-order chi connectivity index (χ1) is 10.7. The van der Waals surface area contributed by atoms with E-state index in [1.54, 1.807) is 6.08 Å². The number of nitrogens with zero attached hydrogens (tertiary/aromatic N) is 1. The third-order valence-corrected chi connectivity index (χ3v) is 4.31. The molecule has 1 heterocycles. The van der Waals surface area contributed by atoms with Crippen molar-refractivity contribution in [2.45, 2.75) is 19.3 Å². The van der Waals surface area contributed by atoms with E-state index in [1.807, 2.05) is 31.2 Å². The summed E-state index contributed by atoms with van der Waals surface area (Å²) in [5.41, 5.74) is 1.56. The highest BCUT2D eigenvalue weighted by molar-refractivity contribution is 8.03. The molecule has 1 aliphatic rings. The Balaban J connectivity index is 2.32. The van der Waals surface area contributed by atoms with E-state index in [0.29, 0.717) is 23.0 Å². The van der Waals surface area contributed by atoms with E-state index in [0.717, 1.165) is 11.3 Å². The maximum atomic E-state index is 11.9. The fourth-order valence-corrected chi connectivity index (χ4v) is 3.14. The molecule has 1 N–H and O–H groups in total. The summed E-state index contributed by atoms with van der Waals surface area (Å²) in [5.74, 6) is 1.16. The number of thioether (sulfide) groups is 1. The van der Waals surface area contributed by atoms with E-state index in [4.69, 9.17) is 4.74 Å². The zero-order chi connectivity index (χ0) is 15.9. The van der Waals surface area contributed by atoms with Crippen LogP contribution in [0.3, 0.4) is 0 Å². The molecule has 1 aliphatic heterocycles. The Morgan fingerprint density at radius 1 is 1.50 bits per heavy atom. The quantitative estimate of drug-likeness (QED) is 0.818. The molecule has 4 nitrogen and oxygen atoms in total. The molecule has 0 bridgehead atoms. The lowest BCUT2D eigenvalue weighted by Gasteiger charge is -2.25. The summed E-state index contributed by atoms with van der Waals surface area (Å²) in [6.45, 7) is 6.20. The summed E-state index contributed by atoms with van der Waals surface area (Å²) < 4.78 is 5.43. The van der Waals surface area contributed by atoms with Gasteiger partial charge in [0, 0.05) is 18.1 Å². The zero-order valence-corrected chi connectivity index (χ0v) is 13.3. The lowest BCUT2D eigenvalue weighted by Crippen LogP contribution is -2.30. The molecule has 0 aliphatic carbocycles.